The Morgan fingerprint density at radius 1 is 1.17 bits per heavy atom. The Morgan fingerprint density at radius 3 is 2.46 bits per heavy atom. The highest BCUT2D eigenvalue weighted by molar-refractivity contribution is 7.13. The van der Waals surface area contributed by atoms with Crippen LogP contribution in [0.2, 0.25) is 0 Å². The Balaban J connectivity index is 0.00000187. The predicted octanol–water partition coefficient (Wildman–Crippen LogP) is 9.75. The molecular weight excluding hydrogens is 537 g/mol. The molecule has 0 aliphatic rings. The highest BCUT2D eigenvalue weighted by Gasteiger charge is 2.17. The summed E-state index contributed by atoms with van der Waals surface area (Å²) in [7, 11) is 1.44. The molecule has 2 heterocycles. The number of aliphatic imine (C=N–C) groups is 1. The molecule has 0 saturated heterocycles. The average molecular weight is 582 g/mol. The highest BCUT2D eigenvalue weighted by Crippen LogP contribution is 2.29. The largest absolute Gasteiger partial charge is 0.494 e. The maximum Gasteiger partial charge on any atom is 0.339 e. The zero-order valence-electron chi connectivity index (χ0n) is 25.4. The molecule has 0 spiro atoms. The lowest BCUT2D eigenvalue weighted by Gasteiger charge is -2.19. The summed E-state index contributed by atoms with van der Waals surface area (Å²) in [6.07, 6.45) is 7.06. The van der Waals surface area contributed by atoms with Crippen molar-refractivity contribution < 1.29 is 19.0 Å². The number of nitrogens with zero attached hydrogens (tertiary/aromatic N) is 2. The molecule has 0 saturated carbocycles. The van der Waals surface area contributed by atoms with E-state index in [-0.39, 0.29) is 17.1 Å². The Kier molecular flexibility index (Phi) is 14.2. The van der Waals surface area contributed by atoms with Crippen molar-refractivity contribution in [2.24, 2.45) is 10.9 Å². The molecule has 0 fully saturated rings. The van der Waals surface area contributed by atoms with Crippen LogP contribution in [0.4, 0.5) is 10.2 Å². The smallest absolute Gasteiger partial charge is 0.339 e. The molecule has 0 aliphatic carbocycles. The second kappa shape index (κ2) is 17.3. The van der Waals surface area contributed by atoms with Crippen LogP contribution in [0.5, 0.6) is 5.75 Å². The molecule has 0 radical (unpaired) electrons. The number of amidine groups is 1. The zero-order valence-corrected chi connectivity index (χ0v) is 26.2. The van der Waals surface area contributed by atoms with Crippen LogP contribution >= 0.6 is 11.3 Å². The van der Waals surface area contributed by atoms with Crippen molar-refractivity contribution >= 4 is 34.7 Å². The third kappa shape index (κ3) is 10.4. The normalized spacial score (nSPS) is 12.0. The van der Waals surface area contributed by atoms with Crippen molar-refractivity contribution in [2.45, 2.75) is 80.1 Å². The van der Waals surface area contributed by atoms with Crippen molar-refractivity contribution in [2.75, 3.05) is 7.11 Å². The molecule has 0 bridgehead atoms. The first-order chi connectivity index (χ1) is 19.6. The number of carboxylic acid groups (broad SMARTS) is 1. The summed E-state index contributed by atoms with van der Waals surface area (Å²) in [6.45, 7) is 12.7. The Hall–Kier alpha value is -3.52. The summed E-state index contributed by atoms with van der Waals surface area (Å²) in [5.41, 5.74) is 3.26. The number of carboxylic acids is 1. The molecule has 1 aromatic carbocycles. The van der Waals surface area contributed by atoms with Gasteiger partial charge in [0.25, 0.3) is 0 Å². The number of allylic oxidation sites excluding steroid dienone is 1. The van der Waals surface area contributed by atoms with Crippen LogP contribution in [0.1, 0.15) is 96.0 Å². The molecule has 6 nitrogen and oxygen atoms in total. The molecule has 0 unspecified atom stereocenters. The van der Waals surface area contributed by atoms with E-state index >= 15 is 0 Å². The van der Waals surface area contributed by atoms with Crippen molar-refractivity contribution in [3.63, 3.8) is 0 Å². The standard InChI is InChI=1S/C30H36FN3O3S.C3H8/c1-6-7-10-27(34-29-23(30(35)36)16-22(18-32-29)26-9-8-15-38-26)33-28(20(4)12-11-19(2)3)21-13-14-25(37-5)24(31)17-21;1-3-2/h8-9,13-19H,6-7,10-12H2,1-5H3,(H,35,36)(H,32,33,34);3H2,1-2H3/b28-20+;. The van der Waals surface area contributed by atoms with E-state index in [0.717, 1.165) is 47.4 Å². The van der Waals surface area contributed by atoms with Crippen molar-refractivity contribution in [3.05, 3.63) is 70.5 Å². The van der Waals surface area contributed by atoms with Gasteiger partial charge in [0.05, 0.1) is 7.11 Å². The summed E-state index contributed by atoms with van der Waals surface area (Å²) >= 11 is 1.52. The number of hydrogen-bond donors (Lipinski definition) is 2. The number of carbonyl (C=O) groups is 1. The zero-order chi connectivity index (χ0) is 30.4. The number of unbranched alkanes of at least 4 members (excludes halogenated alkanes) is 1. The quantitative estimate of drug-likeness (QED) is 0.164. The number of nitrogens with one attached hydrogen (secondary N) is 1. The van der Waals surface area contributed by atoms with E-state index < -0.39 is 11.8 Å². The molecule has 0 atom stereocenters. The molecule has 2 N–H and O–H groups in total. The number of methoxy groups -OCH3 is 1. The van der Waals surface area contributed by atoms with E-state index in [1.54, 1.807) is 18.3 Å². The van der Waals surface area contributed by atoms with Gasteiger partial charge in [0.15, 0.2) is 17.4 Å². The topological polar surface area (TPSA) is 83.8 Å². The number of halogens is 1. The second-order valence-corrected chi connectivity index (χ2v) is 11.3. The summed E-state index contributed by atoms with van der Waals surface area (Å²) in [4.78, 5) is 22.2. The predicted molar refractivity (Wildman–Crippen MR) is 170 cm³/mol. The van der Waals surface area contributed by atoms with Crippen LogP contribution in [0, 0.1) is 11.7 Å². The fourth-order valence-electron chi connectivity index (χ4n) is 3.92. The van der Waals surface area contributed by atoms with Gasteiger partial charge in [-0.25, -0.2) is 19.2 Å². The van der Waals surface area contributed by atoms with E-state index in [4.69, 9.17) is 9.73 Å². The molecule has 0 aliphatic heterocycles. The Morgan fingerprint density at radius 2 is 1.90 bits per heavy atom. The van der Waals surface area contributed by atoms with E-state index in [1.807, 2.05) is 30.5 Å². The monoisotopic (exact) mass is 581 g/mol. The number of thiophene rings is 1. The molecule has 3 aromatic rings. The third-order valence-electron chi connectivity index (χ3n) is 6.14. The van der Waals surface area contributed by atoms with Gasteiger partial charge in [0.1, 0.15) is 11.4 Å². The number of aromatic nitrogens is 1. The second-order valence-electron chi connectivity index (χ2n) is 10.3. The van der Waals surface area contributed by atoms with Gasteiger partial charge in [0, 0.05) is 34.3 Å². The van der Waals surface area contributed by atoms with Gasteiger partial charge >= 0.3 is 5.97 Å². The molecule has 41 heavy (non-hydrogen) atoms. The van der Waals surface area contributed by atoms with Crippen LogP contribution in [0.3, 0.4) is 0 Å². The van der Waals surface area contributed by atoms with Gasteiger partial charge in [-0.05, 0) is 73.4 Å². The van der Waals surface area contributed by atoms with E-state index in [0.29, 0.717) is 23.7 Å². The van der Waals surface area contributed by atoms with E-state index in [2.05, 4.69) is 44.9 Å². The summed E-state index contributed by atoms with van der Waals surface area (Å²) in [5, 5.41) is 15.3. The van der Waals surface area contributed by atoms with Crippen LogP contribution in [0.15, 0.2) is 58.5 Å². The molecule has 8 heteroatoms. The maximum atomic E-state index is 14.7. The first kappa shape index (κ1) is 33.7. The SMILES string of the molecule is CCC.CCCC/C(=N\c1ncc(-c2cccs2)cc1C(=O)O)N/C(=C(\C)CCC(C)C)c1ccc(OC)c(F)c1. The molecular formula is C33H44FN3O3S. The lowest BCUT2D eigenvalue weighted by Crippen LogP contribution is -2.23. The van der Waals surface area contributed by atoms with E-state index in [9.17, 15) is 14.3 Å². The molecule has 2 aromatic heterocycles. The van der Waals surface area contributed by atoms with Gasteiger partial charge in [-0.1, -0.05) is 53.5 Å². The number of ether oxygens (including phenoxy) is 1. The van der Waals surface area contributed by atoms with Gasteiger partial charge in [0.2, 0.25) is 0 Å². The fourth-order valence-corrected chi connectivity index (χ4v) is 4.63. The van der Waals surface area contributed by atoms with Crippen molar-refractivity contribution in [1.82, 2.24) is 10.3 Å². The minimum atomic E-state index is -1.09. The van der Waals surface area contributed by atoms with Crippen molar-refractivity contribution in [3.8, 4) is 16.2 Å². The lowest BCUT2D eigenvalue weighted by molar-refractivity contribution is 0.0697. The maximum absolute atomic E-state index is 14.7. The Labute approximate surface area is 248 Å². The van der Waals surface area contributed by atoms with Crippen LogP contribution in [0.25, 0.3) is 16.1 Å². The Bertz CT molecular complexity index is 1320. The van der Waals surface area contributed by atoms with E-state index in [1.165, 1.54) is 30.9 Å². The number of aromatic carboxylic acids is 1. The summed E-state index contributed by atoms with van der Waals surface area (Å²) in [5.74, 6) is -0.139. The van der Waals surface area contributed by atoms with Gasteiger partial charge in [-0.15, -0.1) is 11.3 Å². The van der Waals surface area contributed by atoms with Crippen LogP contribution in [-0.2, 0) is 0 Å². The minimum Gasteiger partial charge on any atom is -0.494 e. The van der Waals surface area contributed by atoms with Gasteiger partial charge in [-0.3, -0.25) is 0 Å². The number of benzene rings is 1. The molecule has 222 valence electrons. The van der Waals surface area contributed by atoms with Gasteiger partial charge in [-0.2, -0.15) is 0 Å². The number of hydrogen-bond acceptors (Lipinski definition) is 5. The molecule has 3 rings (SSSR count). The minimum absolute atomic E-state index is 0.0317. The summed E-state index contributed by atoms with van der Waals surface area (Å²) < 4.78 is 19.8. The number of rotatable bonds is 12. The van der Waals surface area contributed by atoms with Crippen molar-refractivity contribution in [1.29, 1.82) is 0 Å². The first-order valence-corrected chi connectivity index (χ1v) is 15.2. The number of pyridine rings is 1. The first-order valence-electron chi connectivity index (χ1n) is 14.3. The van der Waals surface area contributed by atoms with Gasteiger partial charge < -0.3 is 15.2 Å². The average Bonchev–Trinajstić information content (AvgIpc) is 3.48. The van der Waals surface area contributed by atoms with Crippen LogP contribution in [-0.4, -0.2) is 29.0 Å². The molecule has 0 amide bonds. The fraction of sp³-hybridized carbons (Fsp3) is 0.424. The summed E-state index contributed by atoms with van der Waals surface area (Å²) in [6, 6.07) is 10.3. The van der Waals surface area contributed by atoms with Crippen LogP contribution < -0.4 is 10.1 Å². The third-order valence-corrected chi connectivity index (χ3v) is 7.06. The highest BCUT2D eigenvalue weighted by atomic mass is 32.1. The lowest BCUT2D eigenvalue weighted by atomic mass is 9.99.